The molecule has 3 N–H and O–H groups in total. The Bertz CT molecular complexity index is 907. The number of carbonyl (C=O) groups is 2. The van der Waals surface area contributed by atoms with Crippen molar-refractivity contribution >= 4 is 19.8 Å². The molecule has 0 aromatic heterocycles. The SMILES string of the molecule is CCC=CCC=CCC=CCCCCCCCC(=O)OC(COC(=O)CCCCCCCCCCCCCCC)COP(=O)(O)OCCN. The summed E-state index contributed by atoms with van der Waals surface area (Å²) in [6.45, 7) is 3.59. The number of phosphoric acid groups is 1. The number of esters is 2. The fourth-order valence-electron chi connectivity index (χ4n) is 5.18. The minimum atomic E-state index is -4.37. The normalized spacial score (nSPS) is 13.8. The molecular formula is C39H72NO8P. The molecule has 49 heavy (non-hydrogen) atoms. The standard InChI is InChI=1S/C39H72NO8P/c1-3-5-7-9-11-13-15-17-18-20-22-24-26-28-30-32-39(42)48-37(36-47-49(43,44)46-34-33-40)35-45-38(41)31-29-27-25-23-21-19-16-14-12-10-8-6-4-2/h5,7,11,13,17-18,37H,3-4,6,8-10,12,14-16,19-36,40H2,1-2H3,(H,43,44). The van der Waals surface area contributed by atoms with Crippen molar-refractivity contribution in [2.24, 2.45) is 5.73 Å². The minimum absolute atomic E-state index is 0.0505. The molecule has 0 bridgehead atoms. The van der Waals surface area contributed by atoms with Gasteiger partial charge in [0.25, 0.3) is 0 Å². The first-order valence-electron chi connectivity index (χ1n) is 19.5. The van der Waals surface area contributed by atoms with Crippen LogP contribution < -0.4 is 5.73 Å². The maximum Gasteiger partial charge on any atom is 0.472 e. The van der Waals surface area contributed by atoms with Crippen LogP contribution in [0, 0.1) is 0 Å². The Balaban J connectivity index is 4.24. The summed E-state index contributed by atoms with van der Waals surface area (Å²) in [6, 6.07) is 0. The molecule has 2 atom stereocenters. The Morgan fingerprint density at radius 2 is 1.12 bits per heavy atom. The summed E-state index contributed by atoms with van der Waals surface area (Å²) < 4.78 is 32.6. The topological polar surface area (TPSA) is 134 Å². The van der Waals surface area contributed by atoms with E-state index in [1.807, 2.05) is 0 Å². The molecule has 0 heterocycles. The highest BCUT2D eigenvalue weighted by Gasteiger charge is 2.25. The van der Waals surface area contributed by atoms with Crippen LogP contribution in [0.25, 0.3) is 0 Å². The van der Waals surface area contributed by atoms with Gasteiger partial charge in [-0.25, -0.2) is 4.57 Å². The number of allylic oxidation sites excluding steroid dienone is 6. The number of ether oxygens (including phenoxy) is 2. The lowest BCUT2D eigenvalue weighted by molar-refractivity contribution is -0.161. The fraction of sp³-hybridized carbons (Fsp3) is 0.795. The molecule has 2 unspecified atom stereocenters. The van der Waals surface area contributed by atoms with E-state index in [9.17, 15) is 19.0 Å². The summed E-state index contributed by atoms with van der Waals surface area (Å²) in [7, 11) is -4.37. The quantitative estimate of drug-likeness (QED) is 0.0281. The summed E-state index contributed by atoms with van der Waals surface area (Å²) >= 11 is 0. The molecule has 0 fully saturated rings. The van der Waals surface area contributed by atoms with E-state index in [0.29, 0.717) is 6.42 Å². The van der Waals surface area contributed by atoms with Crippen LogP contribution in [0.3, 0.4) is 0 Å². The van der Waals surface area contributed by atoms with Gasteiger partial charge in [0, 0.05) is 19.4 Å². The number of rotatable bonds is 36. The summed E-state index contributed by atoms with van der Waals surface area (Å²) in [5.74, 6) is -0.847. The second-order valence-electron chi connectivity index (χ2n) is 12.8. The van der Waals surface area contributed by atoms with Gasteiger partial charge in [-0.15, -0.1) is 0 Å². The van der Waals surface area contributed by atoms with E-state index in [0.717, 1.165) is 70.6 Å². The molecule has 0 saturated heterocycles. The Labute approximate surface area is 299 Å². The van der Waals surface area contributed by atoms with Crippen LogP contribution >= 0.6 is 7.82 Å². The third-order valence-electron chi connectivity index (χ3n) is 8.04. The zero-order chi connectivity index (χ0) is 36.1. The molecule has 0 rings (SSSR count). The Morgan fingerprint density at radius 3 is 1.67 bits per heavy atom. The second-order valence-corrected chi connectivity index (χ2v) is 14.2. The van der Waals surface area contributed by atoms with Crippen molar-refractivity contribution in [2.75, 3.05) is 26.4 Å². The molecule has 286 valence electrons. The first-order valence-corrected chi connectivity index (χ1v) is 21.0. The third-order valence-corrected chi connectivity index (χ3v) is 9.02. The highest BCUT2D eigenvalue weighted by Crippen LogP contribution is 2.43. The van der Waals surface area contributed by atoms with Crippen LogP contribution in [0.5, 0.6) is 0 Å². The molecule has 0 aliphatic rings. The predicted octanol–water partition coefficient (Wildman–Crippen LogP) is 10.6. The lowest BCUT2D eigenvalue weighted by atomic mass is 10.0. The van der Waals surface area contributed by atoms with Gasteiger partial charge in [0.1, 0.15) is 6.61 Å². The number of hydrogen-bond donors (Lipinski definition) is 2. The lowest BCUT2D eigenvalue weighted by Gasteiger charge is -2.19. The van der Waals surface area contributed by atoms with Crippen molar-refractivity contribution in [3.8, 4) is 0 Å². The van der Waals surface area contributed by atoms with Gasteiger partial charge in [0.15, 0.2) is 6.10 Å². The minimum Gasteiger partial charge on any atom is -0.462 e. The number of hydrogen-bond acceptors (Lipinski definition) is 8. The highest BCUT2D eigenvalue weighted by molar-refractivity contribution is 7.47. The molecule has 0 spiro atoms. The van der Waals surface area contributed by atoms with Gasteiger partial charge < -0.3 is 20.1 Å². The maximum atomic E-state index is 12.5. The highest BCUT2D eigenvalue weighted by atomic mass is 31.2. The molecule has 0 amide bonds. The molecule has 0 aliphatic heterocycles. The van der Waals surface area contributed by atoms with Gasteiger partial charge in [-0.2, -0.15) is 0 Å². The van der Waals surface area contributed by atoms with E-state index in [2.05, 4.69) is 50.3 Å². The van der Waals surface area contributed by atoms with Crippen LogP contribution in [0.15, 0.2) is 36.5 Å². The molecule has 10 heteroatoms. The Morgan fingerprint density at radius 1 is 0.633 bits per heavy atom. The van der Waals surface area contributed by atoms with Crippen LogP contribution in [0.1, 0.15) is 168 Å². The first-order chi connectivity index (χ1) is 23.8. The van der Waals surface area contributed by atoms with E-state index < -0.39 is 26.5 Å². The van der Waals surface area contributed by atoms with Gasteiger partial charge in [-0.1, -0.05) is 147 Å². The monoisotopic (exact) mass is 713 g/mol. The lowest BCUT2D eigenvalue weighted by Crippen LogP contribution is -2.29. The number of carbonyl (C=O) groups excluding carboxylic acids is 2. The fourth-order valence-corrected chi connectivity index (χ4v) is 5.94. The number of nitrogens with two attached hydrogens (primary N) is 1. The van der Waals surface area contributed by atoms with Crippen LogP contribution in [0.4, 0.5) is 0 Å². The van der Waals surface area contributed by atoms with E-state index in [1.54, 1.807) is 0 Å². The average Bonchev–Trinajstić information content (AvgIpc) is 3.08. The van der Waals surface area contributed by atoms with Crippen molar-refractivity contribution in [2.45, 2.75) is 174 Å². The summed E-state index contributed by atoms with van der Waals surface area (Å²) in [6.07, 6.45) is 37.4. The molecule has 0 radical (unpaired) electrons. The zero-order valence-corrected chi connectivity index (χ0v) is 32.1. The maximum absolute atomic E-state index is 12.5. The number of phosphoric ester groups is 1. The molecule has 0 saturated carbocycles. The number of unbranched alkanes of at least 4 members (excludes halogenated alkanes) is 17. The van der Waals surface area contributed by atoms with Gasteiger partial charge in [-0.05, 0) is 44.9 Å². The Kier molecular flexibility index (Phi) is 34.7. The summed E-state index contributed by atoms with van der Waals surface area (Å²) in [5.41, 5.74) is 5.33. The van der Waals surface area contributed by atoms with Crippen LogP contribution in [-0.4, -0.2) is 49.3 Å². The smallest absolute Gasteiger partial charge is 0.462 e. The van der Waals surface area contributed by atoms with Crippen molar-refractivity contribution in [1.29, 1.82) is 0 Å². The molecule has 0 aromatic rings. The van der Waals surface area contributed by atoms with Gasteiger partial charge in [0.05, 0.1) is 13.2 Å². The van der Waals surface area contributed by atoms with E-state index >= 15 is 0 Å². The van der Waals surface area contributed by atoms with E-state index in [4.69, 9.17) is 24.3 Å². The van der Waals surface area contributed by atoms with Crippen LogP contribution in [-0.2, 0) is 32.7 Å². The van der Waals surface area contributed by atoms with Crippen LogP contribution in [0.2, 0.25) is 0 Å². The third kappa shape index (κ3) is 35.8. The predicted molar refractivity (Wildman–Crippen MR) is 201 cm³/mol. The van der Waals surface area contributed by atoms with Crippen molar-refractivity contribution < 1.29 is 37.6 Å². The summed E-state index contributed by atoms with van der Waals surface area (Å²) in [5, 5.41) is 0. The molecular weight excluding hydrogens is 641 g/mol. The van der Waals surface area contributed by atoms with Crippen molar-refractivity contribution in [3.63, 3.8) is 0 Å². The largest absolute Gasteiger partial charge is 0.472 e. The molecule has 0 aliphatic carbocycles. The van der Waals surface area contributed by atoms with Gasteiger partial charge in [-0.3, -0.25) is 18.6 Å². The second kappa shape index (κ2) is 36.0. The summed E-state index contributed by atoms with van der Waals surface area (Å²) in [4.78, 5) is 34.7. The van der Waals surface area contributed by atoms with Crippen molar-refractivity contribution in [3.05, 3.63) is 36.5 Å². The van der Waals surface area contributed by atoms with E-state index in [-0.39, 0.29) is 38.6 Å². The molecule has 9 nitrogen and oxygen atoms in total. The van der Waals surface area contributed by atoms with Crippen molar-refractivity contribution in [1.82, 2.24) is 0 Å². The average molecular weight is 714 g/mol. The van der Waals surface area contributed by atoms with Gasteiger partial charge in [0.2, 0.25) is 0 Å². The zero-order valence-electron chi connectivity index (χ0n) is 31.2. The molecule has 0 aromatic carbocycles. The first kappa shape index (κ1) is 47.2. The van der Waals surface area contributed by atoms with Gasteiger partial charge >= 0.3 is 19.8 Å². The Hall–Kier alpha value is -1.77. The van der Waals surface area contributed by atoms with E-state index in [1.165, 1.54) is 64.2 Å².